The first-order valence-electron chi connectivity index (χ1n) is 7.48. The van der Waals surface area contributed by atoms with Crippen molar-refractivity contribution >= 4 is 5.96 Å². The first-order chi connectivity index (χ1) is 9.74. The van der Waals surface area contributed by atoms with Gasteiger partial charge in [-0.05, 0) is 12.8 Å². The Morgan fingerprint density at radius 3 is 3.00 bits per heavy atom. The van der Waals surface area contributed by atoms with Crippen LogP contribution in [0.15, 0.2) is 4.99 Å². The van der Waals surface area contributed by atoms with Crippen LogP contribution in [0.1, 0.15) is 19.3 Å². The molecule has 1 saturated carbocycles. The van der Waals surface area contributed by atoms with Crippen LogP contribution in [0.3, 0.4) is 0 Å². The summed E-state index contributed by atoms with van der Waals surface area (Å²) in [6, 6.07) is 0. The van der Waals surface area contributed by atoms with Gasteiger partial charge in [-0.25, -0.2) is 0 Å². The number of aliphatic hydroxyl groups is 1. The zero-order chi connectivity index (χ0) is 14.4. The Morgan fingerprint density at radius 2 is 2.35 bits per heavy atom. The van der Waals surface area contributed by atoms with Crippen molar-refractivity contribution in [1.29, 1.82) is 0 Å². The van der Waals surface area contributed by atoms with Gasteiger partial charge in [0.1, 0.15) is 0 Å². The van der Waals surface area contributed by atoms with Gasteiger partial charge >= 0.3 is 0 Å². The molecule has 6 nitrogen and oxygen atoms in total. The number of ether oxygens (including phenoxy) is 2. The Hall–Kier alpha value is -0.850. The fraction of sp³-hybridized carbons (Fsp3) is 0.929. The first kappa shape index (κ1) is 15.5. The van der Waals surface area contributed by atoms with E-state index in [1.54, 1.807) is 14.2 Å². The maximum Gasteiger partial charge on any atom is 0.193 e. The number of aliphatic imine (C=N–C) groups is 1. The van der Waals surface area contributed by atoms with Crippen molar-refractivity contribution in [3.63, 3.8) is 0 Å². The molecule has 0 spiro atoms. The lowest BCUT2D eigenvalue weighted by Gasteiger charge is -2.35. The molecule has 2 aliphatic rings. The Kier molecular flexibility index (Phi) is 6.06. The summed E-state index contributed by atoms with van der Waals surface area (Å²) >= 11 is 0. The van der Waals surface area contributed by atoms with Gasteiger partial charge in [-0.2, -0.15) is 0 Å². The average Bonchev–Trinajstić information content (AvgIpc) is 2.86. The van der Waals surface area contributed by atoms with E-state index in [1.807, 2.05) is 0 Å². The summed E-state index contributed by atoms with van der Waals surface area (Å²) in [5, 5.41) is 13.3. The number of morpholine rings is 1. The van der Waals surface area contributed by atoms with Crippen molar-refractivity contribution < 1.29 is 14.6 Å². The van der Waals surface area contributed by atoms with Crippen LogP contribution in [0.5, 0.6) is 0 Å². The largest absolute Gasteiger partial charge is 0.393 e. The first-order valence-corrected chi connectivity index (χ1v) is 7.48. The highest BCUT2D eigenvalue weighted by atomic mass is 16.5. The van der Waals surface area contributed by atoms with Crippen molar-refractivity contribution in [3.8, 4) is 0 Å². The lowest BCUT2D eigenvalue weighted by atomic mass is 10.1. The van der Waals surface area contributed by atoms with Crippen LogP contribution in [0.2, 0.25) is 0 Å². The molecule has 0 aromatic rings. The molecular formula is C14H27N3O3. The summed E-state index contributed by atoms with van der Waals surface area (Å²) in [6.45, 7) is 3.73. The Bertz CT molecular complexity index is 323. The van der Waals surface area contributed by atoms with Crippen LogP contribution in [-0.2, 0) is 9.47 Å². The van der Waals surface area contributed by atoms with Crippen LogP contribution >= 0.6 is 0 Å². The zero-order valence-electron chi connectivity index (χ0n) is 12.5. The normalized spacial score (nSPS) is 31.6. The van der Waals surface area contributed by atoms with Gasteiger partial charge in [0.15, 0.2) is 5.96 Å². The minimum Gasteiger partial charge on any atom is -0.393 e. The van der Waals surface area contributed by atoms with Gasteiger partial charge < -0.3 is 24.8 Å². The zero-order valence-corrected chi connectivity index (χ0v) is 12.5. The van der Waals surface area contributed by atoms with E-state index >= 15 is 0 Å². The summed E-state index contributed by atoms with van der Waals surface area (Å²) in [7, 11) is 3.49. The monoisotopic (exact) mass is 285 g/mol. The lowest BCUT2D eigenvalue weighted by molar-refractivity contribution is -0.0448. The summed E-state index contributed by atoms with van der Waals surface area (Å²) in [4.78, 5) is 6.55. The molecule has 3 atom stereocenters. The number of methoxy groups -OCH3 is 1. The minimum atomic E-state index is -0.161. The second-order valence-electron chi connectivity index (χ2n) is 5.58. The SMILES string of the molecule is CN=C(NCC1CCCC1O)N1CCOC(COC)C1. The highest BCUT2D eigenvalue weighted by molar-refractivity contribution is 5.80. The van der Waals surface area contributed by atoms with Crippen molar-refractivity contribution in [2.45, 2.75) is 31.5 Å². The lowest BCUT2D eigenvalue weighted by Crippen LogP contribution is -2.52. The Morgan fingerprint density at radius 1 is 1.50 bits per heavy atom. The van der Waals surface area contributed by atoms with E-state index in [4.69, 9.17) is 9.47 Å². The van der Waals surface area contributed by atoms with Gasteiger partial charge in [0, 0.05) is 39.7 Å². The molecule has 1 saturated heterocycles. The highest BCUT2D eigenvalue weighted by Crippen LogP contribution is 2.24. The van der Waals surface area contributed by atoms with Crippen molar-refractivity contribution in [1.82, 2.24) is 10.2 Å². The molecule has 0 aromatic heterocycles. The number of hydrogen-bond acceptors (Lipinski definition) is 4. The molecule has 3 unspecified atom stereocenters. The van der Waals surface area contributed by atoms with E-state index in [9.17, 15) is 5.11 Å². The molecule has 6 heteroatoms. The molecule has 2 fully saturated rings. The summed E-state index contributed by atoms with van der Waals surface area (Å²) in [5.41, 5.74) is 0. The topological polar surface area (TPSA) is 66.3 Å². The number of aliphatic hydroxyl groups excluding tert-OH is 1. The van der Waals surface area contributed by atoms with E-state index in [-0.39, 0.29) is 12.2 Å². The molecule has 1 aliphatic carbocycles. The fourth-order valence-corrected chi connectivity index (χ4v) is 3.01. The highest BCUT2D eigenvalue weighted by Gasteiger charge is 2.27. The van der Waals surface area contributed by atoms with Gasteiger partial charge in [0.25, 0.3) is 0 Å². The average molecular weight is 285 g/mol. The maximum atomic E-state index is 9.87. The number of nitrogens with zero attached hydrogens (tertiary/aromatic N) is 2. The van der Waals surface area contributed by atoms with Crippen molar-refractivity contribution in [3.05, 3.63) is 0 Å². The third-order valence-electron chi connectivity index (χ3n) is 4.14. The molecule has 2 rings (SSSR count). The van der Waals surface area contributed by atoms with Crippen molar-refractivity contribution in [2.24, 2.45) is 10.9 Å². The molecule has 0 bridgehead atoms. The molecule has 20 heavy (non-hydrogen) atoms. The third-order valence-corrected chi connectivity index (χ3v) is 4.14. The van der Waals surface area contributed by atoms with E-state index < -0.39 is 0 Å². The third kappa shape index (κ3) is 4.07. The predicted molar refractivity (Wildman–Crippen MR) is 77.9 cm³/mol. The van der Waals surface area contributed by atoms with Gasteiger partial charge in [-0.1, -0.05) is 6.42 Å². The summed E-state index contributed by atoms with van der Waals surface area (Å²) in [6.07, 6.45) is 3.09. The molecular weight excluding hydrogens is 258 g/mol. The Labute approximate surface area is 121 Å². The molecule has 2 N–H and O–H groups in total. The van der Waals surface area contributed by atoms with Crippen LogP contribution in [0.25, 0.3) is 0 Å². The summed E-state index contributed by atoms with van der Waals surface area (Å²) < 4.78 is 10.8. The second kappa shape index (κ2) is 7.81. The van der Waals surface area contributed by atoms with Gasteiger partial charge in [0.2, 0.25) is 0 Å². The number of rotatable bonds is 4. The van der Waals surface area contributed by atoms with Crippen LogP contribution < -0.4 is 5.32 Å². The number of guanidine groups is 1. The van der Waals surface area contributed by atoms with E-state index in [0.29, 0.717) is 19.1 Å². The second-order valence-corrected chi connectivity index (χ2v) is 5.58. The van der Waals surface area contributed by atoms with Gasteiger partial charge in [0.05, 0.1) is 25.4 Å². The molecule has 1 heterocycles. The van der Waals surface area contributed by atoms with Crippen LogP contribution in [0.4, 0.5) is 0 Å². The van der Waals surface area contributed by atoms with E-state index in [2.05, 4.69) is 15.2 Å². The minimum absolute atomic E-state index is 0.101. The quantitative estimate of drug-likeness (QED) is 0.565. The van der Waals surface area contributed by atoms with E-state index in [1.165, 1.54) is 0 Å². The molecule has 0 amide bonds. The Balaban J connectivity index is 1.81. The molecule has 0 radical (unpaired) electrons. The van der Waals surface area contributed by atoms with Crippen molar-refractivity contribution in [2.75, 3.05) is 47.0 Å². The van der Waals surface area contributed by atoms with Crippen LogP contribution in [0, 0.1) is 5.92 Å². The smallest absolute Gasteiger partial charge is 0.193 e. The number of nitrogens with one attached hydrogen (secondary N) is 1. The van der Waals surface area contributed by atoms with Gasteiger partial charge in [-0.15, -0.1) is 0 Å². The maximum absolute atomic E-state index is 9.87. The molecule has 0 aromatic carbocycles. The summed E-state index contributed by atoms with van der Waals surface area (Å²) in [5.74, 6) is 1.25. The van der Waals surface area contributed by atoms with Gasteiger partial charge in [-0.3, -0.25) is 4.99 Å². The van der Waals surface area contributed by atoms with Crippen LogP contribution in [-0.4, -0.2) is 75.2 Å². The number of hydrogen-bond donors (Lipinski definition) is 2. The fourth-order valence-electron chi connectivity index (χ4n) is 3.01. The standard InChI is InChI=1S/C14H27N3O3/c1-15-14(16-8-11-4-3-5-13(11)18)17-6-7-20-12(9-17)10-19-2/h11-13,18H,3-10H2,1-2H3,(H,15,16). The predicted octanol–water partition coefficient (Wildman–Crippen LogP) is 0.0700. The molecule has 116 valence electrons. The molecule has 1 aliphatic heterocycles. The van der Waals surface area contributed by atoms with E-state index in [0.717, 1.165) is 44.9 Å².